The van der Waals surface area contributed by atoms with Gasteiger partial charge in [-0.25, -0.2) is 4.79 Å². The molecular formula is C90H137N23O24. The van der Waals surface area contributed by atoms with Crippen molar-refractivity contribution >= 4 is 130 Å². The normalized spacial score (nSPS) is 26.6. The van der Waals surface area contributed by atoms with Crippen LogP contribution in [-0.4, -0.2) is 412 Å². The van der Waals surface area contributed by atoms with Crippen molar-refractivity contribution in [2.24, 2.45) is 11.7 Å². The highest BCUT2D eigenvalue weighted by Gasteiger charge is 2.53. The maximum absolute atomic E-state index is 14.7. The fraction of sp³-hybridized carbons (Fsp3) is 0.756. The number of carbonyl (C=O) groups is 21. The van der Waals surface area contributed by atoms with E-state index in [1.54, 1.807) is 28.5 Å². The van der Waals surface area contributed by atoms with E-state index in [9.17, 15) is 116 Å². The third kappa shape index (κ3) is 23.9. The van der Waals surface area contributed by atoms with Crippen LogP contribution in [0.15, 0.2) is 0 Å². The van der Waals surface area contributed by atoms with E-state index in [1.165, 1.54) is 62.0 Å². The van der Waals surface area contributed by atoms with Crippen LogP contribution in [0.2, 0.25) is 0 Å². The van der Waals surface area contributed by atoms with Gasteiger partial charge in [-0.15, -0.1) is 0 Å². The standard InChI is InChI=1S/C90H137N23O24/c1-48(2)69(88(135)107-39-13-25-60(107)76(123)100-55(46-68(115)116)71(118)101-56(47-114)72(119)95-49(3)70(117)99-54(21-8-34-94-90(91)92)82(129)109-41-15-28-63(109)87(134)113-45-19-32-67(113)89(136)137)102-77(124)61-26-11-37-105(61)80(127)52(6)97-74(121)58-23-9-35-103(58)78(125)50(4)96-73(120)57-22-10-36-104(57)79(126)51(5)98-75(122)59-24-12-38-106(59)83(130)64-29-16-42-110(64)85(132)66-31-18-44-112(66)86(133)65-30-17-43-111(65)84(131)62-27-14-40-108(62)81(128)53-20-7-33-93-53/h48-67,69,93,114H,7-47H2,1-6H3,(H,95,119)(H,96,120)(H,97,121)(H,98,122)(H,99,117)(H,100,123)(H,101,118)(H,102,124)(H,115,116)(H,136,137)(H4,91,92,94)/t49-,50-,51-,52-,53-,54-,55-,56-,57-,58-,59-,60-,61-,62-,63-,64-,65-,66-,67-,69-/m0/s1. The van der Waals surface area contributed by atoms with Crippen LogP contribution in [0.25, 0.3) is 0 Å². The number of aliphatic carboxylic acids is 2. The Bertz CT molecular complexity index is 4610. The van der Waals surface area contributed by atoms with Crippen LogP contribution in [0, 0.1) is 11.3 Å². The maximum Gasteiger partial charge on any atom is 0.326 e. The number of amides is 19. The number of rotatable bonds is 36. The summed E-state index contributed by atoms with van der Waals surface area (Å²) in [5.41, 5.74) is 5.44. The average Bonchev–Trinajstić information content (AvgIpc) is 1.64. The van der Waals surface area contributed by atoms with Gasteiger partial charge < -0.3 is 128 Å². The van der Waals surface area contributed by atoms with Gasteiger partial charge in [0.15, 0.2) is 5.96 Å². The first-order chi connectivity index (χ1) is 65.3. The van der Waals surface area contributed by atoms with Gasteiger partial charge in [-0.05, 0) is 207 Å². The Balaban J connectivity index is 0.583. The van der Waals surface area contributed by atoms with Crippen LogP contribution >= 0.6 is 0 Å². The van der Waals surface area contributed by atoms with Crippen LogP contribution in [0.5, 0.6) is 0 Å². The lowest BCUT2D eigenvalue weighted by Gasteiger charge is -2.36. The van der Waals surface area contributed by atoms with Gasteiger partial charge in [-0.1, -0.05) is 13.8 Å². The van der Waals surface area contributed by atoms with Crippen molar-refractivity contribution < 1.29 is 116 Å². The van der Waals surface area contributed by atoms with E-state index in [2.05, 4.69) is 53.2 Å². The van der Waals surface area contributed by atoms with E-state index in [0.29, 0.717) is 116 Å². The minimum atomic E-state index is -1.94. The molecule has 47 heteroatoms. The van der Waals surface area contributed by atoms with Crippen LogP contribution in [-0.2, 0) is 101 Å². The second-order valence-corrected chi connectivity index (χ2v) is 38.7. The molecule has 0 aromatic rings. The summed E-state index contributed by atoms with van der Waals surface area (Å²) >= 11 is 0. The lowest BCUT2D eigenvalue weighted by Crippen LogP contribution is -2.61. The molecule has 12 aliphatic rings. The number of carboxylic acid groups (broad SMARTS) is 2. The number of aliphatic hydroxyl groups excluding tert-OH is 1. The zero-order valence-corrected chi connectivity index (χ0v) is 79.0. The van der Waals surface area contributed by atoms with Gasteiger partial charge in [0, 0.05) is 78.5 Å². The monoisotopic (exact) mass is 1920 g/mol. The zero-order chi connectivity index (χ0) is 99.2. The number of hydrogen-bond donors (Lipinski definition) is 15. The first-order valence-electron chi connectivity index (χ1n) is 49.0. The first kappa shape index (κ1) is 104. The van der Waals surface area contributed by atoms with Gasteiger partial charge in [0.25, 0.3) is 0 Å². The van der Waals surface area contributed by atoms with Crippen molar-refractivity contribution in [1.82, 2.24) is 107 Å². The van der Waals surface area contributed by atoms with E-state index in [0.717, 1.165) is 17.9 Å². The number of hydrogen-bond acceptors (Lipinski definition) is 24. The molecule has 12 fully saturated rings. The van der Waals surface area contributed by atoms with Gasteiger partial charge in [0.1, 0.15) is 115 Å². The summed E-state index contributed by atoms with van der Waals surface area (Å²) in [7, 11) is 0. The third-order valence-corrected chi connectivity index (χ3v) is 29.1. The third-order valence-electron chi connectivity index (χ3n) is 29.1. The molecule has 0 saturated carbocycles. The predicted octanol–water partition coefficient (Wildman–Crippen LogP) is -5.93. The summed E-state index contributed by atoms with van der Waals surface area (Å²) < 4.78 is 0. The Morgan fingerprint density at radius 1 is 0.328 bits per heavy atom. The smallest absolute Gasteiger partial charge is 0.326 e. The Morgan fingerprint density at radius 3 is 0.993 bits per heavy atom. The maximum atomic E-state index is 14.7. The molecule has 12 rings (SSSR count). The summed E-state index contributed by atoms with van der Waals surface area (Å²) in [4.78, 5) is 310. The van der Waals surface area contributed by atoms with Crippen molar-refractivity contribution in [3.63, 3.8) is 0 Å². The van der Waals surface area contributed by atoms with Crippen LogP contribution < -0.4 is 58.9 Å². The average molecular weight is 1930 g/mol. The van der Waals surface area contributed by atoms with Crippen molar-refractivity contribution in [3.05, 3.63) is 0 Å². The van der Waals surface area contributed by atoms with E-state index in [1.807, 2.05) is 0 Å². The molecule has 0 aliphatic carbocycles. The van der Waals surface area contributed by atoms with Crippen molar-refractivity contribution in [2.45, 2.75) is 336 Å². The highest BCUT2D eigenvalue weighted by Crippen LogP contribution is 2.35. The molecule has 0 spiro atoms. The molecule has 16 N–H and O–H groups in total. The highest BCUT2D eigenvalue weighted by atomic mass is 16.4. The largest absolute Gasteiger partial charge is 0.481 e. The SMILES string of the molecule is CC(C)[C@H](NC(=O)[C@@H]1CCCN1C(=O)[C@H](C)NC(=O)[C@@H]1CCCN1C(=O)[C@H](C)NC(=O)[C@@H]1CCCN1C(=O)[C@H](C)NC(=O)[C@@H]1CCCN1C(=O)[C@@H]1CCCN1C(=O)[C@@H]1CCCN1C(=O)[C@@H]1CCCN1C(=O)[C@@H]1CCCN1C(=O)[C@@H]1CCCN1)C(=O)N1CCC[C@H]1C(=O)N[C@@H](CC(=O)O)C(=O)N[C@@H](CO)C(=O)N[C@@H](C)C(=O)N[C@@H](CCCNC(=N)N)C(=O)N1CCC[C@H]1C(=O)N1CCC[C@H]1C(=O)O. The number of nitrogens with one attached hydrogen (secondary N) is 11. The minimum absolute atomic E-state index is 0.00770. The second-order valence-electron chi connectivity index (χ2n) is 38.7. The molecule has 0 unspecified atom stereocenters. The van der Waals surface area contributed by atoms with Crippen molar-refractivity contribution in [1.29, 1.82) is 5.41 Å². The number of nitrogens with zero attached hydrogens (tertiary/aromatic N) is 11. The van der Waals surface area contributed by atoms with Gasteiger partial charge in [0.2, 0.25) is 112 Å². The first-order valence-corrected chi connectivity index (χ1v) is 49.0. The van der Waals surface area contributed by atoms with E-state index >= 15 is 0 Å². The summed E-state index contributed by atoms with van der Waals surface area (Å²) in [6.07, 6.45) is 8.41. The predicted molar refractivity (Wildman–Crippen MR) is 482 cm³/mol. The molecule has 12 heterocycles. The Labute approximate surface area is 794 Å². The van der Waals surface area contributed by atoms with Gasteiger partial charge in [-0.3, -0.25) is 101 Å². The number of carboxylic acids is 2. The van der Waals surface area contributed by atoms with Crippen LogP contribution in [0.3, 0.4) is 0 Å². The van der Waals surface area contributed by atoms with E-state index in [4.69, 9.17) is 11.1 Å². The minimum Gasteiger partial charge on any atom is -0.481 e. The molecule has 0 radical (unpaired) electrons. The van der Waals surface area contributed by atoms with Gasteiger partial charge >= 0.3 is 11.9 Å². The Kier molecular flexibility index (Phi) is 35.3. The summed E-state index contributed by atoms with van der Waals surface area (Å²) in [5.74, 6) is -16.2. The molecule has 20 atom stereocenters. The molecule has 0 aromatic carbocycles. The summed E-state index contributed by atoms with van der Waals surface area (Å²) in [6, 6.07) is -22.9. The van der Waals surface area contributed by atoms with E-state index in [-0.39, 0.29) is 159 Å². The molecule has 0 bridgehead atoms. The number of carbonyl (C=O) groups excluding carboxylic acids is 19. The fourth-order valence-electron chi connectivity index (χ4n) is 21.9. The summed E-state index contributed by atoms with van der Waals surface area (Å²) in [6.45, 7) is 10.6. The molecule has 12 aliphatic heterocycles. The molecular weight excluding hydrogens is 1790 g/mol. The van der Waals surface area contributed by atoms with Gasteiger partial charge in [-0.2, -0.15) is 0 Å². The molecule has 12 saturated heterocycles. The number of aliphatic hydroxyl groups is 1. The second kappa shape index (κ2) is 46.5. The van der Waals surface area contributed by atoms with Crippen molar-refractivity contribution in [3.8, 4) is 0 Å². The Hall–Kier alpha value is -11.9. The molecule has 19 amide bonds. The van der Waals surface area contributed by atoms with Crippen molar-refractivity contribution in [2.75, 3.05) is 91.7 Å². The summed E-state index contributed by atoms with van der Waals surface area (Å²) in [5, 5.41) is 63.9. The quantitative estimate of drug-likeness (QED) is 0.0158. The van der Waals surface area contributed by atoms with Crippen LogP contribution in [0.1, 0.15) is 215 Å². The number of nitrogens with two attached hydrogens (primary N) is 1. The molecule has 137 heavy (non-hydrogen) atoms. The number of guanidine groups is 1. The lowest BCUT2D eigenvalue weighted by atomic mass is 10.0. The lowest BCUT2D eigenvalue weighted by molar-refractivity contribution is -0.154. The molecule has 0 aromatic heterocycles. The molecule has 756 valence electrons. The topological polar surface area (TPSA) is 625 Å². The zero-order valence-electron chi connectivity index (χ0n) is 79.0. The highest BCUT2D eigenvalue weighted by molar-refractivity contribution is 6.03. The molecule has 47 nitrogen and oxygen atoms in total. The van der Waals surface area contributed by atoms with Gasteiger partial charge in [0.05, 0.1) is 19.1 Å². The van der Waals surface area contributed by atoms with E-state index < -0.39 is 234 Å². The number of likely N-dealkylation sites (tertiary alicyclic amines) is 11. The van der Waals surface area contributed by atoms with Crippen LogP contribution in [0.4, 0.5) is 0 Å². The Morgan fingerprint density at radius 2 is 0.635 bits per heavy atom. The fourth-order valence-corrected chi connectivity index (χ4v) is 21.9.